The highest BCUT2D eigenvalue weighted by Gasteiger charge is 2.00. The van der Waals surface area contributed by atoms with Gasteiger partial charge in [-0.05, 0) is 30.7 Å². The van der Waals surface area contributed by atoms with Crippen molar-refractivity contribution in [1.29, 1.82) is 0 Å². The van der Waals surface area contributed by atoms with Crippen molar-refractivity contribution in [3.05, 3.63) is 34.9 Å². The number of benzene rings is 1. The second kappa shape index (κ2) is 6.18. The quantitative estimate of drug-likeness (QED) is 0.600. The molecule has 0 saturated carbocycles. The number of carbonyl (C=O) groups is 1. The van der Waals surface area contributed by atoms with Gasteiger partial charge in [-0.3, -0.25) is 0 Å². The second-order valence-electron chi connectivity index (χ2n) is 2.98. The topological polar surface area (TPSA) is 35.5 Å². The summed E-state index contributed by atoms with van der Waals surface area (Å²) < 4.78 is 9.77. The number of rotatable bonds is 4. The minimum atomic E-state index is -0.366. The smallest absolute Gasteiger partial charge is 0.330 e. The predicted molar refractivity (Wildman–Crippen MR) is 63.7 cm³/mol. The van der Waals surface area contributed by atoms with Gasteiger partial charge in [-0.15, -0.1) is 0 Å². The molecule has 86 valence electrons. The maximum absolute atomic E-state index is 11.1. The van der Waals surface area contributed by atoms with Crippen molar-refractivity contribution in [2.45, 2.75) is 6.92 Å². The fourth-order valence-corrected chi connectivity index (χ4v) is 1.41. The molecule has 0 heterocycles. The van der Waals surface area contributed by atoms with Crippen molar-refractivity contribution in [3.8, 4) is 5.75 Å². The molecule has 0 aliphatic carbocycles. The molecule has 0 aliphatic heterocycles. The molecule has 0 unspecified atom stereocenters. The van der Waals surface area contributed by atoms with Crippen LogP contribution in [0.2, 0.25) is 5.02 Å². The van der Waals surface area contributed by atoms with Crippen molar-refractivity contribution >= 4 is 23.6 Å². The molecular formula is C12H13ClO3. The number of methoxy groups -OCH3 is 1. The lowest BCUT2D eigenvalue weighted by Crippen LogP contribution is -1.98. The van der Waals surface area contributed by atoms with Crippen LogP contribution < -0.4 is 4.74 Å². The van der Waals surface area contributed by atoms with Gasteiger partial charge >= 0.3 is 5.97 Å². The minimum absolute atomic E-state index is 0.366. The number of hydrogen-bond acceptors (Lipinski definition) is 3. The number of ether oxygens (including phenoxy) is 2. The largest absolute Gasteiger partial charge is 0.495 e. The predicted octanol–water partition coefficient (Wildman–Crippen LogP) is 2.92. The Kier molecular flexibility index (Phi) is 4.86. The fraction of sp³-hybridized carbons (Fsp3) is 0.250. The first-order valence-electron chi connectivity index (χ1n) is 4.85. The lowest BCUT2D eigenvalue weighted by molar-refractivity contribution is -0.137. The van der Waals surface area contributed by atoms with Crippen molar-refractivity contribution in [2.75, 3.05) is 13.7 Å². The summed E-state index contributed by atoms with van der Waals surface area (Å²) in [7, 11) is 1.55. The Morgan fingerprint density at radius 2 is 2.25 bits per heavy atom. The van der Waals surface area contributed by atoms with Crippen LogP contribution in [0.4, 0.5) is 0 Å². The first-order valence-corrected chi connectivity index (χ1v) is 5.23. The maximum atomic E-state index is 11.1. The Morgan fingerprint density at radius 1 is 1.50 bits per heavy atom. The first-order chi connectivity index (χ1) is 7.67. The highest BCUT2D eigenvalue weighted by atomic mass is 35.5. The van der Waals surface area contributed by atoms with Crippen LogP contribution in [-0.2, 0) is 9.53 Å². The molecule has 0 aromatic heterocycles. The van der Waals surface area contributed by atoms with Crippen LogP contribution in [0.3, 0.4) is 0 Å². The molecule has 1 aromatic carbocycles. The lowest BCUT2D eigenvalue weighted by Gasteiger charge is -2.02. The van der Waals surface area contributed by atoms with E-state index < -0.39 is 0 Å². The number of esters is 1. The molecule has 3 nitrogen and oxygen atoms in total. The Balaban J connectivity index is 2.75. The monoisotopic (exact) mass is 240 g/mol. The molecule has 1 aromatic rings. The van der Waals surface area contributed by atoms with Crippen LogP contribution >= 0.6 is 11.6 Å². The summed E-state index contributed by atoms with van der Waals surface area (Å²) in [6, 6.07) is 5.27. The molecule has 4 heteroatoms. The molecule has 1 rings (SSSR count). The summed E-state index contributed by atoms with van der Waals surface area (Å²) in [6.45, 7) is 2.13. The van der Waals surface area contributed by atoms with Gasteiger partial charge in [-0.2, -0.15) is 0 Å². The van der Waals surface area contributed by atoms with E-state index in [9.17, 15) is 4.79 Å². The molecule has 16 heavy (non-hydrogen) atoms. The molecule has 0 amide bonds. The van der Waals surface area contributed by atoms with E-state index in [2.05, 4.69) is 0 Å². The standard InChI is InChI=1S/C12H13ClO3/c1-3-16-12(14)7-5-9-4-6-11(15-2)10(13)8-9/h4-8H,3H2,1-2H3/b7-5+. The van der Waals surface area contributed by atoms with Crippen LogP contribution in [0.5, 0.6) is 5.75 Å². The lowest BCUT2D eigenvalue weighted by atomic mass is 10.2. The Hall–Kier alpha value is -1.48. The summed E-state index contributed by atoms with van der Waals surface area (Å²) >= 11 is 5.93. The van der Waals surface area contributed by atoms with Crippen molar-refractivity contribution in [2.24, 2.45) is 0 Å². The summed E-state index contributed by atoms with van der Waals surface area (Å²) in [4.78, 5) is 11.1. The second-order valence-corrected chi connectivity index (χ2v) is 3.39. The van der Waals surface area contributed by atoms with Gasteiger partial charge in [0.25, 0.3) is 0 Å². The summed E-state index contributed by atoms with van der Waals surface area (Å²) in [5.41, 5.74) is 0.818. The molecule has 0 fully saturated rings. The van der Waals surface area contributed by atoms with E-state index in [-0.39, 0.29) is 5.97 Å². The number of carbonyl (C=O) groups excluding carboxylic acids is 1. The van der Waals surface area contributed by atoms with Crippen LogP contribution in [0.25, 0.3) is 6.08 Å². The van der Waals surface area contributed by atoms with E-state index in [1.165, 1.54) is 6.08 Å². The van der Waals surface area contributed by atoms with Gasteiger partial charge in [0.05, 0.1) is 18.7 Å². The third-order valence-electron chi connectivity index (χ3n) is 1.87. The van der Waals surface area contributed by atoms with Gasteiger partial charge < -0.3 is 9.47 Å². The van der Waals surface area contributed by atoms with Gasteiger partial charge in [-0.1, -0.05) is 17.7 Å². The van der Waals surface area contributed by atoms with E-state index in [0.29, 0.717) is 17.4 Å². The molecule has 0 atom stereocenters. The molecule has 0 saturated heterocycles. The highest BCUT2D eigenvalue weighted by molar-refractivity contribution is 6.32. The fourth-order valence-electron chi connectivity index (χ4n) is 1.14. The van der Waals surface area contributed by atoms with E-state index in [4.69, 9.17) is 21.1 Å². The molecule has 0 bridgehead atoms. The third kappa shape index (κ3) is 3.59. The van der Waals surface area contributed by atoms with E-state index >= 15 is 0 Å². The zero-order valence-electron chi connectivity index (χ0n) is 9.20. The molecule has 0 aliphatic rings. The summed E-state index contributed by atoms with van der Waals surface area (Å²) in [5, 5.41) is 0.508. The Bertz CT molecular complexity index is 399. The van der Waals surface area contributed by atoms with Crippen molar-refractivity contribution in [1.82, 2.24) is 0 Å². The van der Waals surface area contributed by atoms with Gasteiger partial charge in [0.1, 0.15) is 5.75 Å². The van der Waals surface area contributed by atoms with Gasteiger partial charge in [0, 0.05) is 6.08 Å². The maximum Gasteiger partial charge on any atom is 0.330 e. The molecule has 0 spiro atoms. The van der Waals surface area contributed by atoms with E-state index in [0.717, 1.165) is 5.56 Å². The van der Waals surface area contributed by atoms with Gasteiger partial charge in [0.15, 0.2) is 0 Å². The van der Waals surface area contributed by atoms with Crippen molar-refractivity contribution in [3.63, 3.8) is 0 Å². The summed E-state index contributed by atoms with van der Waals surface area (Å²) in [5.74, 6) is 0.240. The molecule has 0 radical (unpaired) electrons. The molecular weight excluding hydrogens is 228 g/mol. The Morgan fingerprint density at radius 3 is 2.81 bits per heavy atom. The number of hydrogen-bond donors (Lipinski definition) is 0. The van der Waals surface area contributed by atoms with Crippen LogP contribution in [0.1, 0.15) is 12.5 Å². The SMILES string of the molecule is CCOC(=O)/C=C/c1ccc(OC)c(Cl)c1. The average molecular weight is 241 g/mol. The van der Waals surface area contributed by atoms with Crippen LogP contribution in [0, 0.1) is 0 Å². The average Bonchev–Trinajstić information content (AvgIpc) is 2.27. The normalized spacial score (nSPS) is 10.4. The van der Waals surface area contributed by atoms with Crippen LogP contribution in [0.15, 0.2) is 24.3 Å². The zero-order valence-corrected chi connectivity index (χ0v) is 9.95. The third-order valence-corrected chi connectivity index (χ3v) is 2.17. The highest BCUT2D eigenvalue weighted by Crippen LogP contribution is 2.25. The van der Waals surface area contributed by atoms with E-state index in [1.54, 1.807) is 38.3 Å². The zero-order chi connectivity index (χ0) is 12.0. The first kappa shape index (κ1) is 12.6. The van der Waals surface area contributed by atoms with Crippen molar-refractivity contribution < 1.29 is 14.3 Å². The van der Waals surface area contributed by atoms with Gasteiger partial charge in [-0.25, -0.2) is 4.79 Å². The van der Waals surface area contributed by atoms with Crippen LogP contribution in [-0.4, -0.2) is 19.7 Å². The minimum Gasteiger partial charge on any atom is -0.495 e. The molecule has 0 N–H and O–H groups in total. The van der Waals surface area contributed by atoms with Gasteiger partial charge in [0.2, 0.25) is 0 Å². The number of halogens is 1. The Labute approximate surface area is 99.6 Å². The van der Waals surface area contributed by atoms with E-state index in [1.807, 2.05) is 0 Å². The summed E-state index contributed by atoms with van der Waals surface area (Å²) in [6.07, 6.45) is 3.00.